The summed E-state index contributed by atoms with van der Waals surface area (Å²) < 4.78 is 0. The van der Waals surface area contributed by atoms with Crippen LogP contribution in [0.25, 0.3) is 11.4 Å². The zero-order chi connectivity index (χ0) is 21.5. The lowest BCUT2D eigenvalue weighted by atomic mass is 9.99. The van der Waals surface area contributed by atoms with Gasteiger partial charge in [0.1, 0.15) is 5.82 Å². The predicted molar refractivity (Wildman–Crippen MR) is 119 cm³/mol. The molecule has 0 atom stereocenters. The molecule has 1 aromatic carbocycles. The summed E-state index contributed by atoms with van der Waals surface area (Å²) in [5, 5.41) is 15.5. The third kappa shape index (κ3) is 5.87. The van der Waals surface area contributed by atoms with E-state index in [0.717, 1.165) is 36.0 Å². The molecule has 1 aliphatic heterocycles. The second kappa shape index (κ2) is 10.1. The molecule has 0 radical (unpaired) electrons. The number of carbonyl (C=O) groups excluding carboxylic acids is 1. The van der Waals surface area contributed by atoms with Gasteiger partial charge in [0.2, 0.25) is 11.7 Å². The largest absolute Gasteiger partial charge is 0.357 e. The van der Waals surface area contributed by atoms with Gasteiger partial charge < -0.3 is 10.2 Å². The number of anilines is 1. The molecule has 0 aliphatic carbocycles. The second-order valence-electron chi connectivity index (χ2n) is 8.15. The van der Waals surface area contributed by atoms with Crippen molar-refractivity contribution < 1.29 is 4.79 Å². The van der Waals surface area contributed by atoms with Gasteiger partial charge in [0.25, 0.3) is 0 Å². The molecule has 2 aromatic heterocycles. The van der Waals surface area contributed by atoms with E-state index in [-0.39, 0.29) is 5.91 Å². The smallest absolute Gasteiger partial charge is 0.220 e. The molecule has 8 heteroatoms. The maximum Gasteiger partial charge on any atom is 0.220 e. The van der Waals surface area contributed by atoms with E-state index >= 15 is 0 Å². The molecule has 1 amide bonds. The average Bonchev–Trinajstić information content (AvgIpc) is 3.28. The maximum atomic E-state index is 12.2. The minimum atomic E-state index is 0.0116. The van der Waals surface area contributed by atoms with E-state index in [1.807, 2.05) is 42.6 Å². The van der Waals surface area contributed by atoms with Gasteiger partial charge in [-0.1, -0.05) is 43.3 Å². The maximum absolute atomic E-state index is 12.2. The van der Waals surface area contributed by atoms with E-state index in [9.17, 15) is 4.79 Å². The summed E-state index contributed by atoms with van der Waals surface area (Å²) in [5.41, 5.74) is 1.94. The van der Waals surface area contributed by atoms with Crippen molar-refractivity contribution in [3.8, 4) is 11.4 Å². The highest BCUT2D eigenvalue weighted by atomic mass is 16.1. The zero-order valence-electron chi connectivity index (χ0n) is 17.9. The highest BCUT2D eigenvalue weighted by Gasteiger charge is 2.16. The second-order valence-corrected chi connectivity index (χ2v) is 8.15. The topological polar surface area (TPSA) is 88.8 Å². The number of nitrogens with one attached hydrogen (secondary N) is 1. The minimum absolute atomic E-state index is 0.0116. The van der Waals surface area contributed by atoms with Crippen LogP contribution in [-0.4, -0.2) is 44.2 Å². The van der Waals surface area contributed by atoms with Crippen LogP contribution in [0.4, 0.5) is 5.82 Å². The van der Waals surface area contributed by atoms with Gasteiger partial charge in [-0.15, -0.1) is 10.2 Å². The summed E-state index contributed by atoms with van der Waals surface area (Å²) in [5.74, 6) is 2.44. The Kier molecular flexibility index (Phi) is 6.86. The van der Waals surface area contributed by atoms with Crippen molar-refractivity contribution in [2.45, 2.75) is 45.7 Å². The summed E-state index contributed by atoms with van der Waals surface area (Å²) in [6.07, 6.45) is 5.37. The standard InChI is InChI=1S/C23H29N7O/c1-18-11-14-29(15-12-18)21-10-9-19(16-24-21)17-25-22(31)8-5-13-30-27-23(26-28-30)20-6-3-2-4-7-20/h2-4,6-7,9-10,16,18H,5,8,11-15,17H2,1H3,(H,25,31). The van der Waals surface area contributed by atoms with E-state index in [1.54, 1.807) is 4.80 Å². The van der Waals surface area contributed by atoms with E-state index < -0.39 is 0 Å². The highest BCUT2D eigenvalue weighted by molar-refractivity contribution is 5.75. The summed E-state index contributed by atoms with van der Waals surface area (Å²) in [6.45, 7) is 5.48. The Balaban J connectivity index is 1.17. The first-order valence-electron chi connectivity index (χ1n) is 11.0. The van der Waals surface area contributed by atoms with Crippen molar-refractivity contribution >= 4 is 11.7 Å². The number of benzene rings is 1. The number of rotatable bonds is 8. The molecule has 3 heterocycles. The van der Waals surface area contributed by atoms with Gasteiger partial charge in [0.05, 0.1) is 6.54 Å². The summed E-state index contributed by atoms with van der Waals surface area (Å²) in [7, 11) is 0. The average molecular weight is 420 g/mol. The van der Waals surface area contributed by atoms with Crippen molar-refractivity contribution in [3.63, 3.8) is 0 Å². The number of amides is 1. The number of aromatic nitrogens is 5. The molecule has 1 aliphatic rings. The Morgan fingerprint density at radius 2 is 1.94 bits per heavy atom. The van der Waals surface area contributed by atoms with Gasteiger partial charge in [-0.25, -0.2) is 4.98 Å². The third-order valence-corrected chi connectivity index (χ3v) is 5.65. The van der Waals surface area contributed by atoms with Gasteiger partial charge in [0.15, 0.2) is 0 Å². The van der Waals surface area contributed by atoms with Crippen molar-refractivity contribution in [1.29, 1.82) is 0 Å². The van der Waals surface area contributed by atoms with Gasteiger partial charge in [-0.2, -0.15) is 4.80 Å². The van der Waals surface area contributed by atoms with E-state index in [1.165, 1.54) is 12.8 Å². The van der Waals surface area contributed by atoms with Crippen molar-refractivity contribution in [1.82, 2.24) is 30.5 Å². The van der Waals surface area contributed by atoms with Gasteiger partial charge in [-0.05, 0) is 42.0 Å². The molecular weight excluding hydrogens is 390 g/mol. The van der Waals surface area contributed by atoms with Crippen molar-refractivity contribution in [2.75, 3.05) is 18.0 Å². The first-order valence-corrected chi connectivity index (χ1v) is 11.0. The Morgan fingerprint density at radius 3 is 2.68 bits per heavy atom. The van der Waals surface area contributed by atoms with Crippen LogP contribution in [0, 0.1) is 5.92 Å². The van der Waals surface area contributed by atoms with Crippen LogP contribution in [0.5, 0.6) is 0 Å². The normalized spacial score (nSPS) is 14.5. The number of hydrogen-bond acceptors (Lipinski definition) is 6. The number of aryl methyl sites for hydroxylation is 1. The Hall–Kier alpha value is -3.29. The molecular formula is C23H29N7O. The third-order valence-electron chi connectivity index (χ3n) is 5.65. The molecule has 0 spiro atoms. The number of tetrazole rings is 1. The molecule has 1 fully saturated rings. The van der Waals surface area contributed by atoms with Crippen LogP contribution in [0.3, 0.4) is 0 Å². The lowest BCUT2D eigenvalue weighted by Crippen LogP contribution is -2.33. The van der Waals surface area contributed by atoms with E-state index in [2.05, 4.69) is 43.6 Å². The Labute approximate surface area is 182 Å². The molecule has 0 unspecified atom stereocenters. The number of nitrogens with zero attached hydrogens (tertiary/aromatic N) is 6. The van der Waals surface area contributed by atoms with Crippen LogP contribution < -0.4 is 10.2 Å². The minimum Gasteiger partial charge on any atom is -0.357 e. The fraction of sp³-hybridized carbons (Fsp3) is 0.435. The van der Waals surface area contributed by atoms with Crippen LogP contribution in [0.2, 0.25) is 0 Å². The Bertz CT molecular complexity index is 963. The summed E-state index contributed by atoms with van der Waals surface area (Å²) in [4.78, 5) is 20.6. The number of piperidine rings is 1. The fourth-order valence-electron chi connectivity index (χ4n) is 3.66. The Morgan fingerprint density at radius 1 is 1.13 bits per heavy atom. The molecule has 1 N–H and O–H groups in total. The monoisotopic (exact) mass is 419 g/mol. The van der Waals surface area contributed by atoms with E-state index in [4.69, 9.17) is 0 Å². The van der Waals surface area contributed by atoms with Crippen molar-refractivity contribution in [2.24, 2.45) is 5.92 Å². The van der Waals surface area contributed by atoms with E-state index in [0.29, 0.717) is 31.8 Å². The number of hydrogen-bond donors (Lipinski definition) is 1. The van der Waals surface area contributed by atoms with Crippen LogP contribution in [-0.2, 0) is 17.9 Å². The SMILES string of the molecule is CC1CCN(c2ccc(CNC(=O)CCCn3nnc(-c4ccccc4)n3)cn2)CC1. The van der Waals surface area contributed by atoms with Gasteiger partial charge >= 0.3 is 0 Å². The fourth-order valence-corrected chi connectivity index (χ4v) is 3.66. The van der Waals surface area contributed by atoms with Crippen LogP contribution >= 0.6 is 0 Å². The first-order chi connectivity index (χ1) is 15.2. The predicted octanol–water partition coefficient (Wildman–Crippen LogP) is 3.07. The number of pyridine rings is 1. The number of carbonyl (C=O) groups is 1. The van der Waals surface area contributed by atoms with Gasteiger partial charge in [-0.3, -0.25) is 4.79 Å². The zero-order valence-corrected chi connectivity index (χ0v) is 17.9. The lowest BCUT2D eigenvalue weighted by molar-refractivity contribution is -0.121. The molecule has 8 nitrogen and oxygen atoms in total. The lowest BCUT2D eigenvalue weighted by Gasteiger charge is -2.31. The van der Waals surface area contributed by atoms with Crippen LogP contribution in [0.15, 0.2) is 48.7 Å². The summed E-state index contributed by atoms with van der Waals surface area (Å²) in [6, 6.07) is 13.8. The molecule has 162 valence electrons. The quantitative estimate of drug-likeness (QED) is 0.604. The highest BCUT2D eigenvalue weighted by Crippen LogP contribution is 2.21. The van der Waals surface area contributed by atoms with Crippen molar-refractivity contribution in [3.05, 3.63) is 54.2 Å². The van der Waals surface area contributed by atoms with Crippen LogP contribution in [0.1, 0.15) is 38.2 Å². The molecule has 1 saturated heterocycles. The summed E-state index contributed by atoms with van der Waals surface area (Å²) >= 11 is 0. The molecule has 0 saturated carbocycles. The molecule has 0 bridgehead atoms. The molecule has 3 aromatic rings. The molecule has 31 heavy (non-hydrogen) atoms. The molecule has 4 rings (SSSR count). The van der Waals surface area contributed by atoms with Gasteiger partial charge in [0, 0.05) is 37.8 Å². The first kappa shape index (κ1) is 21.0.